The average Bonchev–Trinajstić information content (AvgIpc) is 1.95. The third-order valence-corrected chi connectivity index (χ3v) is 2.09. The molecule has 1 aromatic rings. The predicted molar refractivity (Wildman–Crippen MR) is 45.2 cm³/mol. The van der Waals surface area contributed by atoms with Crippen molar-refractivity contribution in [3.05, 3.63) is 27.3 Å². The van der Waals surface area contributed by atoms with Crippen LogP contribution in [0.1, 0.15) is 5.56 Å². The van der Waals surface area contributed by atoms with Gasteiger partial charge in [0.1, 0.15) is 12.4 Å². The molecule has 10 heavy (non-hydrogen) atoms. The molecule has 0 unspecified atom stereocenters. The molecule has 0 saturated carbocycles. The van der Waals surface area contributed by atoms with Crippen LogP contribution in [0.2, 0.25) is 0 Å². The summed E-state index contributed by atoms with van der Waals surface area (Å²) >= 11 is 2.01. The second kappa shape index (κ2) is 3.21. The zero-order valence-corrected chi connectivity index (χ0v) is 7.33. The van der Waals surface area contributed by atoms with Crippen molar-refractivity contribution in [2.75, 3.05) is 0 Å². The van der Waals surface area contributed by atoms with E-state index in [0.29, 0.717) is 5.56 Å². The first-order valence-corrected chi connectivity index (χ1v) is 3.87. The number of rotatable bonds is 1. The van der Waals surface area contributed by atoms with Crippen LogP contribution in [0.4, 0.5) is 0 Å². The van der Waals surface area contributed by atoms with Crippen LogP contribution in [0.5, 0.6) is 5.75 Å². The number of benzene rings is 1. The van der Waals surface area contributed by atoms with Crippen molar-refractivity contribution >= 4 is 22.6 Å². The fraction of sp³-hybridized carbons (Fsp3) is 0.143. The number of aromatic hydroxyl groups is 1. The van der Waals surface area contributed by atoms with Gasteiger partial charge in [0.2, 0.25) is 0 Å². The van der Waals surface area contributed by atoms with Crippen LogP contribution in [0.25, 0.3) is 0 Å². The van der Waals surface area contributed by atoms with Crippen molar-refractivity contribution in [3.63, 3.8) is 0 Å². The van der Waals surface area contributed by atoms with E-state index in [9.17, 15) is 5.11 Å². The molecule has 2 nitrogen and oxygen atoms in total. The number of hydrogen-bond acceptors (Lipinski definition) is 1. The Balaban J connectivity index is 3.04. The molecular weight excluding hydrogens is 243 g/mol. The molecule has 0 atom stereocenters. The highest BCUT2D eigenvalue weighted by atomic mass is 127. The maximum absolute atomic E-state index is 10.3. The first-order chi connectivity index (χ1) is 4.74. The first-order valence-electron chi connectivity index (χ1n) is 2.79. The van der Waals surface area contributed by atoms with Gasteiger partial charge in [-0.1, -0.05) is 6.07 Å². The maximum atomic E-state index is 10.3. The lowest BCUT2D eigenvalue weighted by Crippen LogP contribution is -1.81. The zero-order chi connectivity index (χ0) is 7.56. The molecule has 1 aromatic carbocycles. The minimum absolute atomic E-state index is 0.189. The van der Waals surface area contributed by atoms with Gasteiger partial charge in [0, 0.05) is 0 Å². The van der Waals surface area contributed by atoms with Crippen molar-refractivity contribution < 1.29 is 10.2 Å². The molecule has 0 aromatic heterocycles. The first kappa shape index (κ1) is 7.81. The SMILES string of the molecule is [O]Cc1ccc(I)c(O)c1. The molecular formula is C7H6IO2. The molecule has 0 fully saturated rings. The van der Waals surface area contributed by atoms with Crippen LogP contribution < -0.4 is 0 Å². The Morgan fingerprint density at radius 3 is 2.70 bits per heavy atom. The summed E-state index contributed by atoms with van der Waals surface area (Å²) in [5.41, 5.74) is 0.623. The monoisotopic (exact) mass is 249 g/mol. The largest absolute Gasteiger partial charge is 0.507 e. The van der Waals surface area contributed by atoms with Gasteiger partial charge in [-0.25, -0.2) is 5.11 Å². The minimum Gasteiger partial charge on any atom is -0.507 e. The number of phenolic OH excluding ortho intramolecular Hbond substituents is 1. The summed E-state index contributed by atoms with van der Waals surface area (Å²) in [5.74, 6) is 0.189. The molecule has 0 amide bonds. The fourth-order valence-corrected chi connectivity index (χ4v) is 0.984. The number of hydrogen-bond donors (Lipinski definition) is 1. The van der Waals surface area contributed by atoms with E-state index < -0.39 is 0 Å². The molecule has 3 heteroatoms. The topological polar surface area (TPSA) is 40.1 Å². The van der Waals surface area contributed by atoms with Crippen LogP contribution in [-0.2, 0) is 11.7 Å². The quantitative estimate of drug-likeness (QED) is 0.759. The predicted octanol–water partition coefficient (Wildman–Crippen LogP) is 1.93. The van der Waals surface area contributed by atoms with Crippen LogP contribution >= 0.6 is 22.6 Å². The van der Waals surface area contributed by atoms with Gasteiger partial charge in [-0.3, -0.25) is 0 Å². The second-order valence-corrected chi connectivity index (χ2v) is 3.09. The molecule has 0 aliphatic rings. The van der Waals surface area contributed by atoms with Gasteiger partial charge >= 0.3 is 0 Å². The standard InChI is InChI=1S/C7H6IO2/c8-6-2-1-5(4-9)3-7(6)10/h1-3,10H,4H2. The Kier molecular flexibility index (Phi) is 2.50. The summed E-state index contributed by atoms with van der Waals surface area (Å²) in [6.07, 6.45) is 0. The lowest BCUT2D eigenvalue weighted by molar-refractivity contribution is 0.177. The zero-order valence-electron chi connectivity index (χ0n) is 5.17. The summed E-state index contributed by atoms with van der Waals surface area (Å²) in [4.78, 5) is 0. The molecule has 1 N–H and O–H groups in total. The van der Waals surface area contributed by atoms with Crippen molar-refractivity contribution in [2.45, 2.75) is 6.61 Å². The molecule has 0 aliphatic heterocycles. The Labute approximate surface area is 72.6 Å². The van der Waals surface area contributed by atoms with Gasteiger partial charge < -0.3 is 5.11 Å². The third kappa shape index (κ3) is 1.60. The molecule has 53 valence electrons. The van der Waals surface area contributed by atoms with Gasteiger partial charge in [0.05, 0.1) is 3.57 Å². The molecule has 1 radical (unpaired) electrons. The summed E-state index contributed by atoms with van der Waals surface area (Å²) in [7, 11) is 0. The fourth-order valence-electron chi connectivity index (χ4n) is 0.648. The molecule has 0 spiro atoms. The highest BCUT2D eigenvalue weighted by Crippen LogP contribution is 2.20. The van der Waals surface area contributed by atoms with Gasteiger partial charge in [-0.2, -0.15) is 0 Å². The Morgan fingerprint density at radius 1 is 1.50 bits per heavy atom. The van der Waals surface area contributed by atoms with E-state index >= 15 is 0 Å². The Hall–Kier alpha value is -0.290. The van der Waals surface area contributed by atoms with Gasteiger partial charge in [0.25, 0.3) is 0 Å². The summed E-state index contributed by atoms with van der Waals surface area (Å²) in [6.45, 7) is -0.273. The Morgan fingerprint density at radius 2 is 2.20 bits per heavy atom. The number of phenols is 1. The maximum Gasteiger partial charge on any atom is 0.129 e. The highest BCUT2D eigenvalue weighted by molar-refractivity contribution is 14.1. The van der Waals surface area contributed by atoms with E-state index in [1.165, 1.54) is 6.07 Å². The van der Waals surface area contributed by atoms with Gasteiger partial charge in [-0.15, -0.1) is 0 Å². The molecule has 0 saturated heterocycles. The van der Waals surface area contributed by atoms with Crippen LogP contribution in [0, 0.1) is 3.57 Å². The van der Waals surface area contributed by atoms with E-state index in [-0.39, 0.29) is 12.4 Å². The summed E-state index contributed by atoms with van der Waals surface area (Å²) in [6, 6.07) is 4.94. The Bertz CT molecular complexity index is 235. The van der Waals surface area contributed by atoms with Crippen molar-refractivity contribution in [2.24, 2.45) is 0 Å². The molecule has 0 aliphatic carbocycles. The van der Waals surface area contributed by atoms with Crippen LogP contribution in [-0.4, -0.2) is 5.11 Å². The average molecular weight is 249 g/mol. The highest BCUT2D eigenvalue weighted by Gasteiger charge is 1.97. The van der Waals surface area contributed by atoms with Gasteiger partial charge in [-0.05, 0) is 40.3 Å². The van der Waals surface area contributed by atoms with Crippen molar-refractivity contribution in [3.8, 4) is 5.75 Å². The van der Waals surface area contributed by atoms with Crippen molar-refractivity contribution in [1.82, 2.24) is 0 Å². The van der Waals surface area contributed by atoms with Crippen LogP contribution in [0.3, 0.4) is 0 Å². The molecule has 0 heterocycles. The van der Waals surface area contributed by atoms with E-state index in [2.05, 4.69) is 0 Å². The van der Waals surface area contributed by atoms with E-state index in [4.69, 9.17) is 5.11 Å². The smallest absolute Gasteiger partial charge is 0.129 e. The summed E-state index contributed by atoms with van der Waals surface area (Å²) in [5, 5.41) is 19.4. The number of halogens is 1. The van der Waals surface area contributed by atoms with E-state index in [1.807, 2.05) is 22.6 Å². The second-order valence-electron chi connectivity index (χ2n) is 1.93. The van der Waals surface area contributed by atoms with E-state index in [0.717, 1.165) is 3.57 Å². The normalized spacial score (nSPS) is 9.80. The van der Waals surface area contributed by atoms with Crippen molar-refractivity contribution in [1.29, 1.82) is 0 Å². The third-order valence-electron chi connectivity index (χ3n) is 1.18. The molecule has 0 bridgehead atoms. The van der Waals surface area contributed by atoms with Gasteiger partial charge in [0.15, 0.2) is 0 Å². The molecule has 1 rings (SSSR count). The lowest BCUT2D eigenvalue weighted by atomic mass is 10.2. The minimum atomic E-state index is -0.273. The van der Waals surface area contributed by atoms with E-state index in [1.54, 1.807) is 12.1 Å². The lowest BCUT2D eigenvalue weighted by Gasteiger charge is -1.97. The summed E-state index contributed by atoms with van der Waals surface area (Å²) < 4.78 is 0.773. The van der Waals surface area contributed by atoms with Crippen LogP contribution in [0.15, 0.2) is 18.2 Å².